The van der Waals surface area contributed by atoms with E-state index >= 15 is 0 Å². The zero-order chi connectivity index (χ0) is 13.9. The van der Waals surface area contributed by atoms with E-state index in [0.717, 1.165) is 22.9 Å². The van der Waals surface area contributed by atoms with E-state index in [1.807, 2.05) is 13.0 Å². The molecule has 1 fully saturated rings. The topological polar surface area (TPSA) is 51.8 Å². The lowest BCUT2D eigenvalue weighted by Gasteiger charge is -2.22. The lowest BCUT2D eigenvalue weighted by molar-refractivity contribution is 0.443. The molecule has 20 heavy (non-hydrogen) atoms. The molecule has 2 aromatic rings. The van der Waals surface area contributed by atoms with Crippen molar-refractivity contribution in [2.75, 3.05) is 5.73 Å². The van der Waals surface area contributed by atoms with Crippen molar-refractivity contribution in [2.24, 2.45) is 0 Å². The summed E-state index contributed by atoms with van der Waals surface area (Å²) in [5.74, 6) is 1.09. The second-order valence-electron chi connectivity index (χ2n) is 5.71. The molecule has 1 aliphatic rings. The smallest absolute Gasteiger partial charge is 0.220 e. The van der Waals surface area contributed by atoms with Crippen LogP contribution in [0.25, 0.3) is 11.3 Å². The third-order valence-electron chi connectivity index (χ3n) is 4.15. The highest BCUT2D eigenvalue weighted by molar-refractivity contribution is 5.61. The van der Waals surface area contributed by atoms with E-state index in [0.29, 0.717) is 5.95 Å². The Hall–Kier alpha value is -1.90. The predicted octanol–water partition coefficient (Wildman–Crippen LogP) is 4.08. The van der Waals surface area contributed by atoms with Crippen LogP contribution >= 0.6 is 0 Å². The molecule has 0 radical (unpaired) electrons. The normalized spacial score (nSPS) is 16.2. The highest BCUT2D eigenvalue weighted by Gasteiger charge is 2.15. The molecule has 1 aliphatic carbocycles. The molecule has 104 valence electrons. The first-order chi connectivity index (χ1) is 9.72. The van der Waals surface area contributed by atoms with Gasteiger partial charge >= 0.3 is 0 Å². The van der Waals surface area contributed by atoms with E-state index in [2.05, 4.69) is 34.2 Å². The highest BCUT2D eigenvalue weighted by atomic mass is 15.0. The Kier molecular flexibility index (Phi) is 3.68. The van der Waals surface area contributed by atoms with Crippen LogP contribution in [0.3, 0.4) is 0 Å². The van der Waals surface area contributed by atoms with E-state index in [9.17, 15) is 0 Å². The van der Waals surface area contributed by atoms with Gasteiger partial charge in [-0.25, -0.2) is 9.97 Å². The summed E-state index contributed by atoms with van der Waals surface area (Å²) >= 11 is 0. The van der Waals surface area contributed by atoms with Crippen LogP contribution in [-0.2, 0) is 0 Å². The van der Waals surface area contributed by atoms with Gasteiger partial charge in [0.05, 0.1) is 5.69 Å². The number of aryl methyl sites for hydroxylation is 1. The van der Waals surface area contributed by atoms with Crippen molar-refractivity contribution in [2.45, 2.75) is 44.9 Å². The molecule has 0 spiro atoms. The quantitative estimate of drug-likeness (QED) is 0.892. The largest absolute Gasteiger partial charge is 0.368 e. The molecule has 3 heteroatoms. The Bertz CT molecular complexity index is 563. The van der Waals surface area contributed by atoms with Gasteiger partial charge in [0.15, 0.2) is 0 Å². The fraction of sp³-hybridized carbons (Fsp3) is 0.412. The predicted molar refractivity (Wildman–Crippen MR) is 82.4 cm³/mol. The van der Waals surface area contributed by atoms with Gasteiger partial charge in [-0.3, -0.25) is 0 Å². The van der Waals surface area contributed by atoms with Crippen molar-refractivity contribution in [1.82, 2.24) is 9.97 Å². The monoisotopic (exact) mass is 267 g/mol. The van der Waals surface area contributed by atoms with Crippen molar-refractivity contribution in [1.29, 1.82) is 0 Å². The fourth-order valence-corrected chi connectivity index (χ4v) is 3.10. The second-order valence-corrected chi connectivity index (χ2v) is 5.71. The number of hydrogen-bond donors (Lipinski definition) is 1. The van der Waals surface area contributed by atoms with Crippen LogP contribution in [-0.4, -0.2) is 9.97 Å². The van der Waals surface area contributed by atoms with Crippen molar-refractivity contribution >= 4 is 5.95 Å². The van der Waals surface area contributed by atoms with Crippen LogP contribution in [0.4, 0.5) is 5.95 Å². The van der Waals surface area contributed by atoms with Gasteiger partial charge in [-0.2, -0.15) is 0 Å². The first kappa shape index (κ1) is 13.1. The fourth-order valence-electron chi connectivity index (χ4n) is 3.10. The number of nitrogens with zero attached hydrogens (tertiary/aromatic N) is 2. The van der Waals surface area contributed by atoms with E-state index in [1.54, 1.807) is 0 Å². The van der Waals surface area contributed by atoms with Crippen molar-refractivity contribution in [3.05, 3.63) is 41.6 Å². The van der Waals surface area contributed by atoms with Crippen LogP contribution in [0.5, 0.6) is 0 Å². The van der Waals surface area contributed by atoms with Gasteiger partial charge in [-0.15, -0.1) is 0 Å². The third-order valence-corrected chi connectivity index (χ3v) is 4.15. The SMILES string of the molecule is Cc1cc(-c2ccc(C3CCCCC3)cc2)nc(N)n1. The Labute approximate surface area is 120 Å². The molecule has 1 saturated carbocycles. The minimum absolute atomic E-state index is 0.344. The Morgan fingerprint density at radius 1 is 1.00 bits per heavy atom. The Morgan fingerprint density at radius 2 is 1.70 bits per heavy atom. The zero-order valence-corrected chi connectivity index (χ0v) is 12.0. The van der Waals surface area contributed by atoms with Crippen molar-refractivity contribution < 1.29 is 0 Å². The summed E-state index contributed by atoms with van der Waals surface area (Å²) < 4.78 is 0. The minimum atomic E-state index is 0.344. The Morgan fingerprint density at radius 3 is 2.35 bits per heavy atom. The first-order valence-electron chi connectivity index (χ1n) is 7.44. The Balaban J connectivity index is 1.85. The first-order valence-corrected chi connectivity index (χ1v) is 7.44. The standard InChI is InChI=1S/C17H21N3/c1-12-11-16(20-17(18)19-12)15-9-7-14(8-10-15)13-5-3-2-4-6-13/h7-11,13H,2-6H2,1H3,(H2,18,19,20). The number of benzene rings is 1. The summed E-state index contributed by atoms with van der Waals surface area (Å²) in [6.45, 7) is 1.94. The molecule has 0 amide bonds. The van der Waals surface area contributed by atoms with Gasteiger partial charge in [-0.1, -0.05) is 43.5 Å². The molecular weight excluding hydrogens is 246 g/mol. The minimum Gasteiger partial charge on any atom is -0.368 e. The summed E-state index contributed by atoms with van der Waals surface area (Å²) in [6, 6.07) is 10.8. The van der Waals surface area contributed by atoms with Crippen LogP contribution in [0.15, 0.2) is 30.3 Å². The van der Waals surface area contributed by atoms with E-state index in [4.69, 9.17) is 5.73 Å². The highest BCUT2D eigenvalue weighted by Crippen LogP contribution is 2.33. The molecule has 2 N–H and O–H groups in total. The lowest BCUT2D eigenvalue weighted by Crippen LogP contribution is -2.04. The van der Waals surface area contributed by atoms with Gasteiger partial charge in [0.1, 0.15) is 0 Å². The van der Waals surface area contributed by atoms with Gasteiger partial charge in [0, 0.05) is 11.3 Å². The molecule has 0 saturated heterocycles. The molecule has 3 rings (SSSR count). The van der Waals surface area contributed by atoms with Crippen LogP contribution in [0.1, 0.15) is 49.3 Å². The van der Waals surface area contributed by atoms with Crippen LogP contribution in [0.2, 0.25) is 0 Å². The molecular formula is C17H21N3. The van der Waals surface area contributed by atoms with E-state index in [-0.39, 0.29) is 0 Å². The van der Waals surface area contributed by atoms with Crippen LogP contribution < -0.4 is 5.73 Å². The molecule has 0 atom stereocenters. The number of nitrogens with two attached hydrogens (primary N) is 1. The maximum atomic E-state index is 5.72. The molecule has 0 bridgehead atoms. The molecule has 1 aromatic carbocycles. The van der Waals surface area contributed by atoms with Gasteiger partial charge in [-0.05, 0) is 37.3 Å². The summed E-state index contributed by atoms with van der Waals surface area (Å²) in [6.07, 6.45) is 6.80. The van der Waals surface area contributed by atoms with Gasteiger partial charge in [0.25, 0.3) is 0 Å². The number of nitrogen functional groups attached to an aromatic ring is 1. The van der Waals surface area contributed by atoms with Crippen molar-refractivity contribution in [3.8, 4) is 11.3 Å². The molecule has 1 aromatic heterocycles. The average molecular weight is 267 g/mol. The van der Waals surface area contributed by atoms with Gasteiger partial charge in [0.2, 0.25) is 5.95 Å². The third kappa shape index (κ3) is 2.82. The zero-order valence-electron chi connectivity index (χ0n) is 12.0. The molecule has 1 heterocycles. The van der Waals surface area contributed by atoms with Gasteiger partial charge < -0.3 is 5.73 Å². The van der Waals surface area contributed by atoms with E-state index in [1.165, 1.54) is 37.7 Å². The summed E-state index contributed by atoms with van der Waals surface area (Å²) in [4.78, 5) is 8.43. The number of anilines is 1. The number of hydrogen-bond acceptors (Lipinski definition) is 3. The maximum absolute atomic E-state index is 5.72. The molecule has 0 aliphatic heterocycles. The molecule has 3 nitrogen and oxygen atoms in total. The average Bonchev–Trinajstić information content (AvgIpc) is 2.47. The summed E-state index contributed by atoms with van der Waals surface area (Å²) in [5, 5.41) is 0. The van der Waals surface area contributed by atoms with E-state index < -0.39 is 0 Å². The maximum Gasteiger partial charge on any atom is 0.220 e. The second kappa shape index (κ2) is 5.61. The lowest BCUT2D eigenvalue weighted by atomic mass is 9.84. The number of rotatable bonds is 2. The molecule has 0 unspecified atom stereocenters. The number of aromatic nitrogens is 2. The summed E-state index contributed by atoms with van der Waals surface area (Å²) in [7, 11) is 0. The summed E-state index contributed by atoms with van der Waals surface area (Å²) in [5.41, 5.74) is 10.1. The van der Waals surface area contributed by atoms with Crippen molar-refractivity contribution in [3.63, 3.8) is 0 Å². The van der Waals surface area contributed by atoms with Crippen LogP contribution in [0, 0.1) is 6.92 Å².